The Morgan fingerprint density at radius 2 is 1.81 bits per heavy atom. The largest absolute Gasteiger partial charge is 0.416 e. The van der Waals surface area contributed by atoms with Gasteiger partial charge >= 0.3 is 6.18 Å². The Bertz CT molecular complexity index is 355. The highest BCUT2D eigenvalue weighted by Crippen LogP contribution is 2.32. The van der Waals surface area contributed by atoms with Crippen LogP contribution in [0.2, 0.25) is 0 Å². The molecule has 1 aromatic rings. The molecule has 0 atom stereocenters. The van der Waals surface area contributed by atoms with Crippen molar-refractivity contribution in [1.29, 1.82) is 0 Å². The zero-order chi connectivity index (χ0) is 12.3. The molecule has 0 aliphatic rings. The molecule has 1 rings (SSSR count). The van der Waals surface area contributed by atoms with Crippen LogP contribution in [0.1, 0.15) is 37.8 Å². The van der Waals surface area contributed by atoms with Crippen LogP contribution in [-0.2, 0) is 6.18 Å². The van der Waals surface area contributed by atoms with Gasteiger partial charge in [-0.05, 0) is 30.2 Å². The normalized spacial score (nSPS) is 12.2. The Labute approximate surface area is 92.3 Å². The van der Waals surface area contributed by atoms with E-state index in [1.165, 1.54) is 0 Å². The van der Waals surface area contributed by atoms with Crippen LogP contribution in [0.15, 0.2) is 18.2 Å². The molecule has 0 bridgehead atoms. The Kier molecular flexibility index (Phi) is 3.94. The summed E-state index contributed by atoms with van der Waals surface area (Å²) in [7, 11) is 0. The number of alkyl halides is 3. The fourth-order valence-electron chi connectivity index (χ4n) is 1.52. The van der Waals surface area contributed by atoms with Crippen LogP contribution in [-0.4, -0.2) is 0 Å². The SMILES string of the molecule is CCC[C](C)c1cc(F)cc(C(F)(F)F)c1. The van der Waals surface area contributed by atoms with E-state index in [9.17, 15) is 17.6 Å². The minimum Gasteiger partial charge on any atom is -0.207 e. The molecule has 0 N–H and O–H groups in total. The first kappa shape index (κ1) is 13.0. The van der Waals surface area contributed by atoms with E-state index in [4.69, 9.17) is 0 Å². The summed E-state index contributed by atoms with van der Waals surface area (Å²) in [6.45, 7) is 3.64. The van der Waals surface area contributed by atoms with Gasteiger partial charge in [0.05, 0.1) is 5.56 Å². The standard InChI is InChI=1S/C12H13F4/c1-3-4-8(2)9-5-10(12(14,15)16)7-11(13)6-9/h5-7H,3-4H2,1-2H3. The van der Waals surface area contributed by atoms with Gasteiger partial charge in [0.25, 0.3) is 0 Å². The maximum atomic E-state index is 13.0. The molecule has 0 amide bonds. The van der Waals surface area contributed by atoms with E-state index in [1.54, 1.807) is 6.92 Å². The first-order valence-corrected chi connectivity index (χ1v) is 5.05. The molecule has 1 aromatic carbocycles. The molecule has 4 heteroatoms. The van der Waals surface area contributed by atoms with Crippen LogP contribution in [0.5, 0.6) is 0 Å². The minimum absolute atomic E-state index is 0.328. The third-order valence-corrected chi connectivity index (χ3v) is 2.34. The van der Waals surface area contributed by atoms with Crippen molar-refractivity contribution < 1.29 is 17.6 Å². The zero-order valence-electron chi connectivity index (χ0n) is 9.16. The number of benzene rings is 1. The summed E-state index contributed by atoms with van der Waals surface area (Å²) in [4.78, 5) is 0. The Morgan fingerprint density at radius 3 is 2.31 bits per heavy atom. The number of hydrogen-bond donors (Lipinski definition) is 0. The molecule has 0 saturated heterocycles. The average Bonchev–Trinajstić information content (AvgIpc) is 2.16. The maximum absolute atomic E-state index is 13.0. The van der Waals surface area contributed by atoms with Crippen LogP contribution in [0.3, 0.4) is 0 Å². The zero-order valence-corrected chi connectivity index (χ0v) is 9.16. The third-order valence-electron chi connectivity index (χ3n) is 2.34. The summed E-state index contributed by atoms with van der Waals surface area (Å²) in [5.41, 5.74) is -0.605. The molecular weight excluding hydrogens is 220 g/mol. The third kappa shape index (κ3) is 3.22. The van der Waals surface area contributed by atoms with Gasteiger partial charge in [-0.1, -0.05) is 20.3 Å². The van der Waals surface area contributed by atoms with E-state index in [0.29, 0.717) is 18.1 Å². The smallest absolute Gasteiger partial charge is 0.207 e. The summed E-state index contributed by atoms with van der Waals surface area (Å²) in [5, 5.41) is 0. The van der Waals surface area contributed by atoms with Crippen molar-refractivity contribution in [1.82, 2.24) is 0 Å². The van der Waals surface area contributed by atoms with Crippen molar-refractivity contribution >= 4 is 0 Å². The second-order valence-electron chi connectivity index (χ2n) is 3.76. The van der Waals surface area contributed by atoms with Crippen molar-refractivity contribution in [2.24, 2.45) is 0 Å². The molecule has 1 radical (unpaired) electrons. The number of halogens is 4. The fraction of sp³-hybridized carbons (Fsp3) is 0.417. The van der Waals surface area contributed by atoms with Gasteiger partial charge in [0.15, 0.2) is 0 Å². The molecule has 89 valence electrons. The maximum Gasteiger partial charge on any atom is 0.416 e. The van der Waals surface area contributed by atoms with Gasteiger partial charge in [-0.15, -0.1) is 0 Å². The van der Waals surface area contributed by atoms with E-state index in [2.05, 4.69) is 0 Å². The Morgan fingerprint density at radius 1 is 1.19 bits per heavy atom. The monoisotopic (exact) mass is 233 g/mol. The average molecular weight is 233 g/mol. The molecular formula is C12H13F4. The van der Waals surface area contributed by atoms with Crippen LogP contribution in [0.4, 0.5) is 17.6 Å². The van der Waals surface area contributed by atoms with Crippen LogP contribution in [0.25, 0.3) is 0 Å². The van der Waals surface area contributed by atoms with E-state index < -0.39 is 17.6 Å². The van der Waals surface area contributed by atoms with Gasteiger partial charge in [0.2, 0.25) is 0 Å². The summed E-state index contributed by atoms with van der Waals surface area (Å²) in [6.07, 6.45) is -3.01. The fourth-order valence-corrected chi connectivity index (χ4v) is 1.52. The predicted octanol–water partition coefficient (Wildman–Crippen LogP) is 4.59. The highest BCUT2D eigenvalue weighted by atomic mass is 19.4. The lowest BCUT2D eigenvalue weighted by Crippen LogP contribution is -2.07. The van der Waals surface area contributed by atoms with E-state index in [1.807, 2.05) is 6.92 Å². The molecule has 0 fully saturated rings. The van der Waals surface area contributed by atoms with Crippen molar-refractivity contribution in [3.8, 4) is 0 Å². The van der Waals surface area contributed by atoms with Crippen molar-refractivity contribution in [2.75, 3.05) is 0 Å². The highest BCUT2D eigenvalue weighted by Gasteiger charge is 2.31. The second kappa shape index (κ2) is 4.85. The van der Waals surface area contributed by atoms with E-state index in [0.717, 1.165) is 24.5 Å². The summed E-state index contributed by atoms with van der Waals surface area (Å²) in [5.74, 6) is -0.0761. The van der Waals surface area contributed by atoms with Gasteiger partial charge in [-0.3, -0.25) is 0 Å². The van der Waals surface area contributed by atoms with Crippen molar-refractivity contribution in [3.63, 3.8) is 0 Å². The molecule has 0 aliphatic heterocycles. The molecule has 0 unspecified atom stereocenters. The highest BCUT2D eigenvalue weighted by molar-refractivity contribution is 5.35. The molecule has 0 saturated carbocycles. The quantitative estimate of drug-likeness (QED) is 0.670. The lowest BCUT2D eigenvalue weighted by Gasteiger charge is -2.13. The lowest BCUT2D eigenvalue weighted by atomic mass is 9.95. The van der Waals surface area contributed by atoms with Gasteiger partial charge in [0.1, 0.15) is 5.82 Å². The molecule has 0 heterocycles. The van der Waals surface area contributed by atoms with Gasteiger partial charge < -0.3 is 0 Å². The molecule has 0 spiro atoms. The molecule has 16 heavy (non-hydrogen) atoms. The topological polar surface area (TPSA) is 0 Å². The van der Waals surface area contributed by atoms with Crippen molar-refractivity contribution in [2.45, 2.75) is 32.9 Å². The van der Waals surface area contributed by atoms with Crippen molar-refractivity contribution in [3.05, 3.63) is 41.1 Å². The first-order valence-electron chi connectivity index (χ1n) is 5.05. The lowest BCUT2D eigenvalue weighted by molar-refractivity contribution is -0.137. The van der Waals surface area contributed by atoms with E-state index >= 15 is 0 Å². The summed E-state index contributed by atoms with van der Waals surface area (Å²) in [6, 6.07) is 2.65. The van der Waals surface area contributed by atoms with Crippen LogP contribution in [0, 0.1) is 11.7 Å². The van der Waals surface area contributed by atoms with Gasteiger partial charge in [0, 0.05) is 5.92 Å². The molecule has 0 aromatic heterocycles. The minimum atomic E-state index is -4.50. The second-order valence-corrected chi connectivity index (χ2v) is 3.76. The summed E-state index contributed by atoms with van der Waals surface area (Å²) < 4.78 is 50.3. The van der Waals surface area contributed by atoms with Crippen LogP contribution >= 0.6 is 0 Å². The number of rotatable bonds is 3. The molecule has 0 nitrogen and oxygen atoms in total. The first-order chi connectivity index (χ1) is 7.34. The predicted molar refractivity (Wildman–Crippen MR) is 54.3 cm³/mol. The van der Waals surface area contributed by atoms with Crippen LogP contribution < -0.4 is 0 Å². The van der Waals surface area contributed by atoms with E-state index in [-0.39, 0.29) is 0 Å². The summed E-state index contributed by atoms with van der Waals surface area (Å²) >= 11 is 0. The Balaban J connectivity index is 3.08. The van der Waals surface area contributed by atoms with Gasteiger partial charge in [-0.25, -0.2) is 4.39 Å². The Hall–Kier alpha value is -1.06. The number of hydrogen-bond acceptors (Lipinski definition) is 0. The molecule has 0 aliphatic carbocycles. The van der Waals surface area contributed by atoms with Gasteiger partial charge in [-0.2, -0.15) is 13.2 Å².